The van der Waals surface area contributed by atoms with Crippen LogP contribution in [0.15, 0.2) is 56.9 Å². The highest BCUT2D eigenvalue weighted by atomic mass is 32.2. The molecule has 11 heteroatoms. The molecular formula is C19H22N4O5S2. The van der Waals surface area contributed by atoms with Crippen LogP contribution in [0.1, 0.15) is 25.3 Å². The molecule has 1 fully saturated rings. The zero-order chi connectivity index (χ0) is 21.5. The first-order valence-electron chi connectivity index (χ1n) is 9.53. The van der Waals surface area contributed by atoms with Crippen LogP contribution in [0.5, 0.6) is 0 Å². The number of benzene rings is 2. The fourth-order valence-corrected chi connectivity index (χ4v) is 6.43. The van der Waals surface area contributed by atoms with Crippen molar-refractivity contribution in [3.05, 3.63) is 48.0 Å². The minimum atomic E-state index is -3.86. The lowest BCUT2D eigenvalue weighted by atomic mass is 10.0. The van der Waals surface area contributed by atoms with Crippen molar-refractivity contribution in [2.24, 2.45) is 0 Å². The molecule has 2 aromatic carbocycles. The van der Waals surface area contributed by atoms with Crippen molar-refractivity contribution in [2.45, 2.75) is 29.6 Å². The van der Waals surface area contributed by atoms with Crippen molar-refractivity contribution in [1.29, 1.82) is 0 Å². The fourth-order valence-electron chi connectivity index (χ4n) is 3.45. The fraction of sp³-hybridized carbons (Fsp3) is 0.368. The van der Waals surface area contributed by atoms with Gasteiger partial charge < -0.3 is 0 Å². The maximum Gasteiger partial charge on any atom is 0.245 e. The first-order valence-corrected chi connectivity index (χ1v) is 12.4. The standard InChI is InChI=1S/C19H22N4O5S2/c1-14(2)15-6-8-16(9-7-15)29(24,25)22-10-12-23(13-11-22)30(26,27)18-5-3-4-17-19(18)21-28-20-17/h3-9,14H,10-13H2,1-2H3. The van der Waals surface area contributed by atoms with Crippen LogP contribution in [0.3, 0.4) is 0 Å². The van der Waals surface area contributed by atoms with Crippen molar-refractivity contribution < 1.29 is 21.5 Å². The number of hydrogen-bond acceptors (Lipinski definition) is 7. The number of aromatic nitrogens is 2. The number of nitrogens with zero attached hydrogens (tertiary/aromatic N) is 4. The molecule has 4 rings (SSSR count). The molecule has 0 aliphatic carbocycles. The van der Waals surface area contributed by atoms with E-state index in [2.05, 4.69) is 14.9 Å². The SMILES string of the molecule is CC(C)c1ccc(S(=O)(=O)N2CCN(S(=O)(=O)c3cccc4nonc34)CC2)cc1. The summed E-state index contributed by atoms with van der Waals surface area (Å²) in [6.07, 6.45) is 0. The van der Waals surface area contributed by atoms with Crippen molar-refractivity contribution in [3.8, 4) is 0 Å². The van der Waals surface area contributed by atoms with Crippen LogP contribution in [0, 0.1) is 0 Å². The minimum Gasteiger partial charge on any atom is -0.243 e. The molecule has 160 valence electrons. The number of piperazine rings is 1. The van der Waals surface area contributed by atoms with Gasteiger partial charge in [0.15, 0.2) is 5.52 Å². The molecule has 0 amide bonds. The van der Waals surface area contributed by atoms with E-state index in [1.807, 2.05) is 26.0 Å². The molecule has 2 heterocycles. The normalized spacial score (nSPS) is 17.0. The van der Waals surface area contributed by atoms with Crippen LogP contribution < -0.4 is 0 Å². The molecule has 1 saturated heterocycles. The Hall–Kier alpha value is -2.34. The quantitative estimate of drug-likeness (QED) is 0.584. The van der Waals surface area contributed by atoms with Crippen LogP contribution in [-0.2, 0) is 20.0 Å². The predicted octanol–water partition coefficient (Wildman–Crippen LogP) is 2.04. The smallest absolute Gasteiger partial charge is 0.243 e. The zero-order valence-corrected chi connectivity index (χ0v) is 18.2. The van der Waals surface area contributed by atoms with Gasteiger partial charge in [-0.15, -0.1) is 0 Å². The van der Waals surface area contributed by atoms with Gasteiger partial charge in [0.1, 0.15) is 10.4 Å². The maximum atomic E-state index is 13.1. The number of hydrogen-bond donors (Lipinski definition) is 0. The summed E-state index contributed by atoms with van der Waals surface area (Å²) in [4.78, 5) is 0.212. The van der Waals surface area contributed by atoms with E-state index in [9.17, 15) is 16.8 Å². The topological polar surface area (TPSA) is 114 Å². The lowest BCUT2D eigenvalue weighted by molar-refractivity contribution is 0.273. The lowest BCUT2D eigenvalue weighted by Crippen LogP contribution is -2.50. The molecule has 30 heavy (non-hydrogen) atoms. The largest absolute Gasteiger partial charge is 0.245 e. The summed E-state index contributed by atoms with van der Waals surface area (Å²) in [5.41, 5.74) is 1.57. The monoisotopic (exact) mass is 450 g/mol. The molecule has 0 radical (unpaired) electrons. The Bertz CT molecular complexity index is 1260. The van der Waals surface area contributed by atoms with E-state index in [1.165, 1.54) is 14.7 Å². The van der Waals surface area contributed by atoms with E-state index in [0.717, 1.165) is 5.56 Å². The minimum absolute atomic E-state index is 0.00170. The third-order valence-corrected chi connectivity index (χ3v) is 9.09. The molecule has 1 aromatic heterocycles. The Morgan fingerprint density at radius 3 is 2.03 bits per heavy atom. The Balaban J connectivity index is 1.52. The summed E-state index contributed by atoms with van der Waals surface area (Å²) in [6, 6.07) is 11.5. The molecular weight excluding hydrogens is 428 g/mol. The van der Waals surface area contributed by atoms with E-state index < -0.39 is 20.0 Å². The maximum absolute atomic E-state index is 13.1. The Kier molecular flexibility index (Phi) is 5.39. The summed E-state index contributed by atoms with van der Waals surface area (Å²) in [5, 5.41) is 7.37. The number of fused-ring (bicyclic) bond motifs is 1. The van der Waals surface area contributed by atoms with Gasteiger partial charge in [-0.2, -0.15) is 8.61 Å². The Morgan fingerprint density at radius 1 is 0.833 bits per heavy atom. The first-order chi connectivity index (χ1) is 14.2. The molecule has 0 N–H and O–H groups in total. The van der Waals surface area contributed by atoms with E-state index in [0.29, 0.717) is 11.4 Å². The van der Waals surface area contributed by atoms with Gasteiger partial charge in [0.05, 0.1) is 4.90 Å². The summed E-state index contributed by atoms with van der Waals surface area (Å²) in [6.45, 7) is 4.32. The number of rotatable bonds is 5. The van der Waals surface area contributed by atoms with Crippen LogP contribution in [0.4, 0.5) is 0 Å². The van der Waals surface area contributed by atoms with Crippen LogP contribution in [0.2, 0.25) is 0 Å². The molecule has 0 bridgehead atoms. The van der Waals surface area contributed by atoms with Gasteiger partial charge in [-0.05, 0) is 46.1 Å². The zero-order valence-electron chi connectivity index (χ0n) is 16.6. The molecule has 0 saturated carbocycles. The van der Waals surface area contributed by atoms with E-state index >= 15 is 0 Å². The highest BCUT2D eigenvalue weighted by Crippen LogP contribution is 2.26. The van der Waals surface area contributed by atoms with Gasteiger partial charge in [0.2, 0.25) is 20.0 Å². The molecule has 1 aliphatic heterocycles. The molecule has 0 spiro atoms. The van der Waals surface area contributed by atoms with Crippen molar-refractivity contribution >= 4 is 31.1 Å². The van der Waals surface area contributed by atoms with Crippen molar-refractivity contribution in [1.82, 2.24) is 18.9 Å². The van der Waals surface area contributed by atoms with Gasteiger partial charge in [-0.25, -0.2) is 21.5 Å². The highest BCUT2D eigenvalue weighted by molar-refractivity contribution is 7.89. The van der Waals surface area contributed by atoms with E-state index in [1.54, 1.807) is 24.3 Å². The Morgan fingerprint density at radius 2 is 1.43 bits per heavy atom. The summed E-state index contributed by atoms with van der Waals surface area (Å²) in [5.74, 6) is 0.305. The Labute approximate surface area is 175 Å². The summed E-state index contributed by atoms with van der Waals surface area (Å²) < 4.78 is 59.3. The summed E-state index contributed by atoms with van der Waals surface area (Å²) >= 11 is 0. The third kappa shape index (κ3) is 3.62. The average molecular weight is 451 g/mol. The second-order valence-corrected chi connectivity index (χ2v) is 11.3. The second kappa shape index (κ2) is 7.73. The molecule has 0 atom stereocenters. The molecule has 9 nitrogen and oxygen atoms in total. The van der Waals surface area contributed by atoms with Gasteiger partial charge in [0, 0.05) is 26.2 Å². The number of sulfonamides is 2. The van der Waals surface area contributed by atoms with Gasteiger partial charge in [0.25, 0.3) is 0 Å². The van der Waals surface area contributed by atoms with Crippen LogP contribution in [0.25, 0.3) is 11.0 Å². The van der Waals surface area contributed by atoms with E-state index in [4.69, 9.17) is 0 Å². The van der Waals surface area contributed by atoms with E-state index in [-0.39, 0.29) is 41.5 Å². The van der Waals surface area contributed by atoms with Crippen molar-refractivity contribution in [2.75, 3.05) is 26.2 Å². The predicted molar refractivity (Wildman–Crippen MR) is 110 cm³/mol. The highest BCUT2D eigenvalue weighted by Gasteiger charge is 2.35. The van der Waals surface area contributed by atoms with Gasteiger partial charge >= 0.3 is 0 Å². The molecule has 3 aromatic rings. The molecule has 1 aliphatic rings. The van der Waals surface area contributed by atoms with Crippen LogP contribution in [-0.4, -0.2) is 61.9 Å². The third-order valence-electron chi connectivity index (χ3n) is 5.25. The second-order valence-electron chi connectivity index (χ2n) is 7.42. The first kappa shape index (κ1) is 20.9. The van der Waals surface area contributed by atoms with Gasteiger partial charge in [-0.1, -0.05) is 32.0 Å². The van der Waals surface area contributed by atoms with Crippen molar-refractivity contribution in [3.63, 3.8) is 0 Å². The summed E-state index contributed by atoms with van der Waals surface area (Å²) in [7, 11) is -7.55. The lowest BCUT2D eigenvalue weighted by Gasteiger charge is -2.33. The van der Waals surface area contributed by atoms with Crippen LogP contribution >= 0.6 is 0 Å². The van der Waals surface area contributed by atoms with Gasteiger partial charge in [-0.3, -0.25) is 0 Å². The average Bonchev–Trinajstić information content (AvgIpc) is 3.22. The molecule has 0 unspecified atom stereocenters.